The number of allylic oxidation sites excluding steroid dienone is 1. The Kier molecular flexibility index (Phi) is 7.00. The number of ether oxygens (including phenoxy) is 2. The van der Waals surface area contributed by atoms with Gasteiger partial charge in [0.1, 0.15) is 0 Å². The first-order valence-corrected chi connectivity index (χ1v) is 6.71. The number of nitrogens with zero attached hydrogens (tertiary/aromatic N) is 3. The highest BCUT2D eigenvalue weighted by Crippen LogP contribution is 2.25. The van der Waals surface area contributed by atoms with Crippen molar-refractivity contribution in [3.8, 4) is 0 Å². The van der Waals surface area contributed by atoms with E-state index in [1.165, 1.54) is 19.8 Å². The van der Waals surface area contributed by atoms with E-state index in [0.717, 1.165) is 12.8 Å². The molecule has 19 heavy (non-hydrogen) atoms. The van der Waals surface area contributed by atoms with Crippen LogP contribution in [0.1, 0.15) is 46.0 Å². The fourth-order valence-corrected chi connectivity index (χ4v) is 2.01. The quantitative estimate of drug-likeness (QED) is 0.177. The zero-order valence-corrected chi connectivity index (χ0v) is 11.5. The van der Waals surface area contributed by atoms with Crippen LogP contribution in [0.3, 0.4) is 0 Å². The lowest BCUT2D eigenvalue weighted by atomic mass is 10.1. The maximum absolute atomic E-state index is 10.9. The lowest BCUT2D eigenvalue weighted by Gasteiger charge is -2.11. The van der Waals surface area contributed by atoms with Gasteiger partial charge < -0.3 is 9.47 Å². The van der Waals surface area contributed by atoms with Crippen molar-refractivity contribution in [2.24, 2.45) is 5.11 Å². The molecule has 0 unspecified atom stereocenters. The topological polar surface area (TPSA) is 84.3 Å². The average molecular weight is 267 g/mol. The van der Waals surface area contributed by atoms with Crippen molar-refractivity contribution in [3.05, 3.63) is 22.6 Å². The fourth-order valence-electron chi connectivity index (χ4n) is 2.01. The number of carbonyl (C=O) groups excluding carboxylic acids is 1. The molecule has 0 radical (unpaired) electrons. The lowest BCUT2D eigenvalue weighted by Crippen LogP contribution is -2.17. The van der Waals surface area contributed by atoms with Gasteiger partial charge in [-0.15, -0.1) is 0 Å². The van der Waals surface area contributed by atoms with Crippen molar-refractivity contribution >= 4 is 5.97 Å². The molecule has 1 heterocycles. The summed E-state index contributed by atoms with van der Waals surface area (Å²) in [6.45, 7) is 3.49. The maximum atomic E-state index is 10.9. The zero-order chi connectivity index (χ0) is 14.1. The summed E-state index contributed by atoms with van der Waals surface area (Å²) in [5, 5.41) is 3.69. The van der Waals surface area contributed by atoms with Crippen LogP contribution in [0.5, 0.6) is 0 Å². The molecule has 1 fully saturated rings. The molecule has 0 saturated carbocycles. The van der Waals surface area contributed by atoms with E-state index in [2.05, 4.69) is 16.9 Å². The predicted octanol–water partition coefficient (Wildman–Crippen LogP) is 3.48. The monoisotopic (exact) mass is 267 g/mol. The van der Waals surface area contributed by atoms with E-state index in [1.807, 2.05) is 12.2 Å². The summed E-state index contributed by atoms with van der Waals surface area (Å²) in [5.41, 5.74) is 8.53. The smallest absolute Gasteiger partial charge is 0.304 e. The van der Waals surface area contributed by atoms with Crippen LogP contribution < -0.4 is 0 Å². The van der Waals surface area contributed by atoms with Crippen LogP contribution >= 0.6 is 0 Å². The molecule has 0 aromatic heterocycles. The number of hydrogen-bond donors (Lipinski definition) is 0. The van der Waals surface area contributed by atoms with Crippen molar-refractivity contribution in [3.63, 3.8) is 0 Å². The molecule has 1 aliphatic heterocycles. The van der Waals surface area contributed by atoms with Crippen molar-refractivity contribution < 1.29 is 14.3 Å². The summed E-state index contributed by atoms with van der Waals surface area (Å²) >= 11 is 0. The molecule has 1 aliphatic rings. The number of azide groups is 1. The molecule has 3 atom stereocenters. The highest BCUT2D eigenvalue weighted by Gasteiger charge is 2.34. The first-order chi connectivity index (χ1) is 9.17. The van der Waals surface area contributed by atoms with E-state index < -0.39 is 12.3 Å². The minimum absolute atomic E-state index is 0.304. The van der Waals surface area contributed by atoms with Crippen molar-refractivity contribution in [2.45, 2.75) is 64.4 Å². The molecule has 1 saturated heterocycles. The van der Waals surface area contributed by atoms with Gasteiger partial charge in [-0.05, 0) is 18.4 Å². The minimum Gasteiger partial charge on any atom is -0.436 e. The second-order valence-electron chi connectivity index (χ2n) is 4.57. The van der Waals surface area contributed by atoms with E-state index >= 15 is 0 Å². The van der Waals surface area contributed by atoms with Crippen LogP contribution in [0.15, 0.2) is 17.3 Å². The van der Waals surface area contributed by atoms with Gasteiger partial charge in [-0.25, -0.2) is 0 Å². The van der Waals surface area contributed by atoms with Crippen LogP contribution in [0, 0.1) is 0 Å². The van der Waals surface area contributed by atoms with Gasteiger partial charge in [0.05, 0.1) is 12.1 Å². The van der Waals surface area contributed by atoms with Crippen molar-refractivity contribution in [2.75, 3.05) is 0 Å². The van der Waals surface area contributed by atoms with Crippen LogP contribution in [0.2, 0.25) is 0 Å². The van der Waals surface area contributed by atoms with Gasteiger partial charge in [-0.3, -0.25) is 4.79 Å². The normalized spacial score (nSPS) is 26.3. The van der Waals surface area contributed by atoms with Gasteiger partial charge >= 0.3 is 5.97 Å². The molecular weight excluding hydrogens is 246 g/mol. The minimum atomic E-state index is -0.613. The third kappa shape index (κ3) is 5.77. The van der Waals surface area contributed by atoms with Gasteiger partial charge in [0.2, 0.25) is 6.29 Å². The SMILES string of the molecule is CCCCC/C=C/[C@@H]1O[C@@H](OC(C)=O)C[C@H]1N=[N+]=[N-]. The number of unbranched alkanes of at least 4 members (excludes halogenated alkanes) is 3. The fraction of sp³-hybridized carbons (Fsp3) is 0.769. The Morgan fingerprint density at radius 2 is 2.37 bits per heavy atom. The molecule has 0 aromatic carbocycles. The van der Waals surface area contributed by atoms with Gasteiger partial charge in [-0.2, -0.15) is 0 Å². The molecule has 0 aromatic rings. The van der Waals surface area contributed by atoms with E-state index in [0.29, 0.717) is 6.42 Å². The lowest BCUT2D eigenvalue weighted by molar-refractivity contribution is -0.170. The van der Waals surface area contributed by atoms with E-state index in [4.69, 9.17) is 15.0 Å². The molecule has 1 rings (SSSR count). The first kappa shape index (κ1) is 15.5. The van der Waals surface area contributed by atoms with Crippen LogP contribution in [-0.4, -0.2) is 24.4 Å². The van der Waals surface area contributed by atoms with Gasteiger partial charge in [0, 0.05) is 18.3 Å². The standard InChI is InChI=1S/C13H21N3O3/c1-3-4-5-6-7-8-12-11(15-16-14)9-13(19-12)18-10(2)17/h7-8,11-13H,3-6,9H2,1-2H3/b8-7+/t11-,12+,13-/m1/s1. The summed E-state index contributed by atoms with van der Waals surface area (Å²) in [6, 6.07) is -0.309. The third-order valence-corrected chi connectivity index (χ3v) is 2.92. The molecule has 0 N–H and O–H groups in total. The van der Waals surface area contributed by atoms with Crippen LogP contribution in [0.4, 0.5) is 0 Å². The van der Waals surface area contributed by atoms with Crippen LogP contribution in [-0.2, 0) is 14.3 Å². The van der Waals surface area contributed by atoms with Gasteiger partial charge in [0.15, 0.2) is 0 Å². The van der Waals surface area contributed by atoms with Crippen LogP contribution in [0.25, 0.3) is 10.4 Å². The van der Waals surface area contributed by atoms with Gasteiger partial charge in [-0.1, -0.05) is 37.0 Å². The van der Waals surface area contributed by atoms with E-state index in [9.17, 15) is 4.79 Å². The summed E-state index contributed by atoms with van der Waals surface area (Å²) in [6.07, 6.45) is 7.94. The Hall–Kier alpha value is -1.52. The molecule has 106 valence electrons. The highest BCUT2D eigenvalue weighted by atomic mass is 16.7. The van der Waals surface area contributed by atoms with Crippen molar-refractivity contribution in [1.29, 1.82) is 0 Å². The first-order valence-electron chi connectivity index (χ1n) is 6.71. The Balaban J connectivity index is 2.48. The summed E-state index contributed by atoms with van der Waals surface area (Å²) in [7, 11) is 0. The average Bonchev–Trinajstić information content (AvgIpc) is 2.71. The molecular formula is C13H21N3O3. The van der Waals surface area contributed by atoms with Gasteiger partial charge in [0.25, 0.3) is 0 Å². The number of hydrogen-bond acceptors (Lipinski definition) is 4. The van der Waals surface area contributed by atoms with Crippen molar-refractivity contribution in [1.82, 2.24) is 0 Å². The molecule has 0 spiro atoms. The third-order valence-electron chi connectivity index (χ3n) is 2.92. The summed E-state index contributed by atoms with van der Waals surface area (Å²) < 4.78 is 10.5. The molecule has 0 amide bonds. The Bertz CT molecular complexity index is 364. The Morgan fingerprint density at radius 1 is 1.58 bits per heavy atom. The molecule has 6 heteroatoms. The number of rotatable bonds is 7. The second-order valence-corrected chi connectivity index (χ2v) is 4.57. The van der Waals surface area contributed by atoms with E-state index in [1.54, 1.807) is 0 Å². The molecule has 6 nitrogen and oxygen atoms in total. The summed E-state index contributed by atoms with van der Waals surface area (Å²) in [4.78, 5) is 13.7. The molecule has 0 bridgehead atoms. The summed E-state index contributed by atoms with van der Waals surface area (Å²) in [5.74, 6) is -0.391. The number of esters is 1. The predicted molar refractivity (Wildman–Crippen MR) is 71.3 cm³/mol. The second kappa shape index (κ2) is 8.56. The highest BCUT2D eigenvalue weighted by molar-refractivity contribution is 5.66. The van der Waals surface area contributed by atoms with E-state index in [-0.39, 0.29) is 12.1 Å². The Labute approximate surface area is 113 Å². The largest absolute Gasteiger partial charge is 0.436 e. The Morgan fingerprint density at radius 3 is 3.00 bits per heavy atom. The molecule has 0 aliphatic carbocycles. The number of carbonyl (C=O) groups is 1. The zero-order valence-electron chi connectivity index (χ0n) is 11.5. The maximum Gasteiger partial charge on any atom is 0.304 e.